The van der Waals surface area contributed by atoms with E-state index >= 15 is 0 Å². The third-order valence-corrected chi connectivity index (χ3v) is 7.51. The molecule has 11 heteroatoms. The first kappa shape index (κ1) is 31.9. The molecule has 1 fully saturated rings. The standard InChI is InChI=1S/C32H34ClF3N4O3/c1-20(41)40(31(2,3)4)39-28(22-13-15-24(16-14-22)32(34,35)36)18-23(21-9-6-5-7-10-21)17-27(29(39)42)38-30(43)37-26-12-8-11-25(33)19-26/h5-16,19,23,27-28H,17-18H2,1-4H3,(H2,37,38,43). The van der Waals surface area contributed by atoms with Gasteiger partial charge in [-0.25, -0.2) is 14.8 Å². The Hall–Kier alpha value is -4.05. The van der Waals surface area contributed by atoms with Gasteiger partial charge in [-0.3, -0.25) is 9.59 Å². The zero-order valence-corrected chi connectivity index (χ0v) is 25.0. The van der Waals surface area contributed by atoms with Gasteiger partial charge in [-0.1, -0.05) is 60.1 Å². The summed E-state index contributed by atoms with van der Waals surface area (Å²) in [6.45, 7) is 6.62. The van der Waals surface area contributed by atoms with Crippen LogP contribution >= 0.6 is 11.6 Å². The zero-order chi connectivity index (χ0) is 31.5. The maximum Gasteiger partial charge on any atom is 0.416 e. The Kier molecular flexibility index (Phi) is 9.39. The Bertz CT molecular complexity index is 1460. The number of nitrogens with one attached hydrogen (secondary N) is 2. The monoisotopic (exact) mass is 614 g/mol. The lowest BCUT2D eigenvalue weighted by Gasteiger charge is -2.47. The summed E-state index contributed by atoms with van der Waals surface area (Å²) >= 11 is 6.05. The van der Waals surface area contributed by atoms with Crippen LogP contribution in [0.4, 0.5) is 23.7 Å². The van der Waals surface area contributed by atoms with Crippen molar-refractivity contribution in [3.63, 3.8) is 0 Å². The van der Waals surface area contributed by atoms with Crippen LogP contribution in [0.2, 0.25) is 5.02 Å². The van der Waals surface area contributed by atoms with Crippen LogP contribution in [-0.2, 0) is 15.8 Å². The molecule has 3 atom stereocenters. The van der Waals surface area contributed by atoms with Gasteiger partial charge in [0.1, 0.15) is 6.04 Å². The van der Waals surface area contributed by atoms with Crippen molar-refractivity contribution in [3.8, 4) is 0 Å². The second kappa shape index (κ2) is 12.7. The predicted octanol–water partition coefficient (Wildman–Crippen LogP) is 7.56. The molecule has 228 valence electrons. The predicted molar refractivity (Wildman–Crippen MR) is 159 cm³/mol. The number of amides is 4. The summed E-state index contributed by atoms with van der Waals surface area (Å²) in [4.78, 5) is 40.8. The van der Waals surface area contributed by atoms with Crippen molar-refractivity contribution >= 4 is 35.1 Å². The minimum Gasteiger partial charge on any atom is -0.326 e. The quantitative estimate of drug-likeness (QED) is 0.311. The van der Waals surface area contributed by atoms with Gasteiger partial charge < -0.3 is 10.6 Å². The molecule has 0 spiro atoms. The molecule has 7 nitrogen and oxygen atoms in total. The molecule has 43 heavy (non-hydrogen) atoms. The molecule has 4 rings (SSSR count). The highest BCUT2D eigenvalue weighted by atomic mass is 35.5. The van der Waals surface area contributed by atoms with Gasteiger partial charge in [0, 0.05) is 17.6 Å². The van der Waals surface area contributed by atoms with Crippen LogP contribution in [0.15, 0.2) is 78.9 Å². The molecule has 1 heterocycles. The molecule has 0 aliphatic carbocycles. The number of rotatable bonds is 5. The Morgan fingerprint density at radius 3 is 2.12 bits per heavy atom. The van der Waals surface area contributed by atoms with Crippen molar-refractivity contribution in [2.24, 2.45) is 0 Å². The molecule has 2 N–H and O–H groups in total. The van der Waals surface area contributed by atoms with E-state index in [1.807, 2.05) is 30.3 Å². The Morgan fingerprint density at radius 2 is 1.56 bits per heavy atom. The molecule has 0 radical (unpaired) electrons. The molecule has 3 aromatic rings. The van der Waals surface area contributed by atoms with E-state index in [-0.39, 0.29) is 18.8 Å². The molecule has 0 saturated carbocycles. The molecular formula is C32H34ClF3N4O3. The average Bonchev–Trinajstić information content (AvgIpc) is 3.05. The first-order valence-corrected chi connectivity index (χ1v) is 14.2. The van der Waals surface area contributed by atoms with Crippen molar-refractivity contribution in [2.75, 3.05) is 5.32 Å². The minimum absolute atomic E-state index is 0.190. The molecule has 3 unspecified atom stereocenters. The lowest BCUT2D eigenvalue weighted by molar-refractivity contribution is -0.181. The summed E-state index contributed by atoms with van der Waals surface area (Å²) < 4.78 is 40.3. The van der Waals surface area contributed by atoms with Crippen molar-refractivity contribution < 1.29 is 27.6 Å². The molecule has 0 bridgehead atoms. The third kappa shape index (κ3) is 7.67. The van der Waals surface area contributed by atoms with E-state index in [2.05, 4.69) is 10.6 Å². The van der Waals surface area contributed by atoms with E-state index in [0.29, 0.717) is 16.3 Å². The molecule has 0 aromatic heterocycles. The summed E-state index contributed by atoms with van der Waals surface area (Å²) in [5.41, 5.74) is 0.0401. The van der Waals surface area contributed by atoms with Gasteiger partial charge in [0.25, 0.3) is 5.91 Å². The summed E-state index contributed by atoms with van der Waals surface area (Å²) in [5, 5.41) is 8.54. The number of hydrazine groups is 1. The number of nitrogens with zero attached hydrogens (tertiary/aromatic N) is 2. The third-order valence-electron chi connectivity index (χ3n) is 7.28. The van der Waals surface area contributed by atoms with Crippen LogP contribution in [0.25, 0.3) is 0 Å². The molecule has 1 aliphatic heterocycles. The fourth-order valence-electron chi connectivity index (χ4n) is 5.53. The van der Waals surface area contributed by atoms with Crippen molar-refractivity contribution in [2.45, 2.75) is 70.3 Å². The zero-order valence-electron chi connectivity index (χ0n) is 24.3. The first-order chi connectivity index (χ1) is 20.1. The van der Waals surface area contributed by atoms with Gasteiger partial charge in [-0.05, 0) is 81.0 Å². The van der Waals surface area contributed by atoms with Crippen LogP contribution < -0.4 is 10.6 Å². The molecular weight excluding hydrogens is 581 g/mol. The van der Waals surface area contributed by atoms with Gasteiger partial charge in [-0.15, -0.1) is 0 Å². The van der Waals surface area contributed by atoms with E-state index in [4.69, 9.17) is 11.6 Å². The Morgan fingerprint density at radius 1 is 0.907 bits per heavy atom. The Labute approximate surface area is 254 Å². The number of hydrogen-bond acceptors (Lipinski definition) is 3. The van der Waals surface area contributed by atoms with E-state index in [9.17, 15) is 27.6 Å². The van der Waals surface area contributed by atoms with Gasteiger partial charge in [0.15, 0.2) is 0 Å². The maximum absolute atomic E-state index is 14.5. The summed E-state index contributed by atoms with van der Waals surface area (Å²) in [6, 6.07) is 18.0. The largest absolute Gasteiger partial charge is 0.416 e. The van der Waals surface area contributed by atoms with Gasteiger partial charge >= 0.3 is 12.2 Å². The number of benzene rings is 3. The molecule has 4 amide bonds. The lowest BCUT2D eigenvalue weighted by Crippen LogP contribution is -2.61. The summed E-state index contributed by atoms with van der Waals surface area (Å²) in [7, 11) is 0. The van der Waals surface area contributed by atoms with Crippen molar-refractivity contribution in [3.05, 3.63) is 101 Å². The highest BCUT2D eigenvalue weighted by Gasteiger charge is 2.45. The normalized spacial score (nSPS) is 19.4. The summed E-state index contributed by atoms with van der Waals surface area (Å²) in [5.74, 6) is -1.29. The van der Waals surface area contributed by atoms with Crippen LogP contribution in [0.5, 0.6) is 0 Å². The SMILES string of the molecule is CC(=O)N(N1C(=O)C(NC(=O)Nc2cccc(Cl)c2)CC(c2ccccc2)CC1c1ccc(C(F)(F)F)cc1)C(C)(C)C. The summed E-state index contributed by atoms with van der Waals surface area (Å²) in [6.07, 6.45) is -4.06. The molecule has 3 aromatic carbocycles. The maximum atomic E-state index is 14.5. The van der Waals surface area contributed by atoms with E-state index in [1.54, 1.807) is 45.0 Å². The fourth-order valence-corrected chi connectivity index (χ4v) is 5.72. The van der Waals surface area contributed by atoms with Gasteiger partial charge in [-0.2, -0.15) is 13.2 Å². The second-order valence-electron chi connectivity index (χ2n) is 11.6. The number of carbonyl (C=O) groups excluding carboxylic acids is 3. The minimum atomic E-state index is -4.54. The van der Waals surface area contributed by atoms with E-state index in [0.717, 1.165) is 17.7 Å². The molecule has 1 aliphatic rings. The van der Waals surface area contributed by atoms with Crippen LogP contribution in [0.3, 0.4) is 0 Å². The van der Waals surface area contributed by atoms with Gasteiger partial charge in [0.05, 0.1) is 17.1 Å². The number of urea groups is 1. The molecule has 1 saturated heterocycles. The van der Waals surface area contributed by atoms with Crippen LogP contribution in [-0.4, -0.2) is 39.4 Å². The van der Waals surface area contributed by atoms with E-state index < -0.39 is 47.2 Å². The highest BCUT2D eigenvalue weighted by Crippen LogP contribution is 2.42. The van der Waals surface area contributed by atoms with Gasteiger partial charge in [0.2, 0.25) is 5.91 Å². The number of carbonyl (C=O) groups is 3. The Balaban J connectivity index is 1.81. The number of alkyl halides is 3. The second-order valence-corrected chi connectivity index (χ2v) is 12.0. The number of anilines is 1. The van der Waals surface area contributed by atoms with Crippen molar-refractivity contribution in [1.29, 1.82) is 0 Å². The fraction of sp³-hybridized carbons (Fsp3) is 0.344. The smallest absolute Gasteiger partial charge is 0.326 e. The van der Waals surface area contributed by atoms with E-state index in [1.165, 1.54) is 29.1 Å². The van der Waals surface area contributed by atoms with Crippen molar-refractivity contribution in [1.82, 2.24) is 15.3 Å². The average molecular weight is 615 g/mol. The topological polar surface area (TPSA) is 81.8 Å². The lowest BCUT2D eigenvalue weighted by atomic mass is 9.86. The first-order valence-electron chi connectivity index (χ1n) is 13.8. The highest BCUT2D eigenvalue weighted by molar-refractivity contribution is 6.30. The number of halogens is 4. The number of hydrogen-bond donors (Lipinski definition) is 2. The van der Waals surface area contributed by atoms with Crippen LogP contribution in [0.1, 0.15) is 69.2 Å². The van der Waals surface area contributed by atoms with Crippen LogP contribution in [0, 0.1) is 0 Å².